The summed E-state index contributed by atoms with van der Waals surface area (Å²) in [6, 6.07) is 6.87. The molecule has 2 aromatic heterocycles. The number of fused-ring (bicyclic) bond motifs is 2. The third kappa shape index (κ3) is 3.29. The first-order valence-corrected chi connectivity index (χ1v) is 11.3. The average Bonchev–Trinajstić information content (AvgIpc) is 3.22. The smallest absolute Gasteiger partial charge is 0.207 e. The van der Waals surface area contributed by atoms with Crippen LogP contribution in [-0.2, 0) is 6.54 Å². The molecule has 2 aliphatic rings. The van der Waals surface area contributed by atoms with Gasteiger partial charge in [-0.15, -0.1) is 0 Å². The Labute approximate surface area is 182 Å². The van der Waals surface area contributed by atoms with Crippen LogP contribution >= 0.6 is 11.6 Å². The Bertz CT molecular complexity index is 1080. The summed E-state index contributed by atoms with van der Waals surface area (Å²) in [6.07, 6.45) is 2.20. The fourth-order valence-corrected chi connectivity index (χ4v) is 4.99. The number of likely N-dealkylation sites (tertiary alicyclic amines) is 1. The molecule has 1 atom stereocenters. The summed E-state index contributed by atoms with van der Waals surface area (Å²) < 4.78 is 4.34. The van der Waals surface area contributed by atoms with Crippen molar-refractivity contribution in [3.05, 3.63) is 34.9 Å². The molecule has 4 heterocycles. The van der Waals surface area contributed by atoms with Crippen molar-refractivity contribution >= 4 is 28.6 Å². The summed E-state index contributed by atoms with van der Waals surface area (Å²) in [6.45, 7) is 10.3. The van der Waals surface area contributed by atoms with E-state index in [9.17, 15) is 0 Å². The SMILES string of the molecule is Cc1nc(Cl)n2c1Cn1c(NC3CCN(CC(N)C(C)C)CC3)nc3cccc-2c31. The van der Waals surface area contributed by atoms with Crippen LogP contribution < -0.4 is 11.1 Å². The molecule has 0 radical (unpaired) electrons. The number of hydrogen-bond donors (Lipinski definition) is 2. The maximum atomic E-state index is 6.44. The summed E-state index contributed by atoms with van der Waals surface area (Å²) in [5.41, 5.74) is 11.5. The lowest BCUT2D eigenvalue weighted by Crippen LogP contribution is -2.46. The maximum absolute atomic E-state index is 6.44. The van der Waals surface area contributed by atoms with Gasteiger partial charge in [0.05, 0.1) is 34.7 Å². The van der Waals surface area contributed by atoms with Gasteiger partial charge in [0, 0.05) is 31.7 Å². The fraction of sp³-hybridized carbons (Fsp3) is 0.545. The van der Waals surface area contributed by atoms with E-state index in [0.717, 1.165) is 73.1 Å². The first kappa shape index (κ1) is 19.8. The predicted molar refractivity (Wildman–Crippen MR) is 122 cm³/mol. The highest BCUT2D eigenvalue weighted by Gasteiger charge is 2.28. The molecule has 0 bridgehead atoms. The highest BCUT2D eigenvalue weighted by Crippen LogP contribution is 2.35. The molecule has 1 fully saturated rings. The highest BCUT2D eigenvalue weighted by molar-refractivity contribution is 6.29. The molecular formula is C22H30ClN7. The maximum Gasteiger partial charge on any atom is 0.207 e. The van der Waals surface area contributed by atoms with Crippen molar-refractivity contribution in [1.82, 2.24) is 24.0 Å². The topological polar surface area (TPSA) is 76.9 Å². The minimum atomic E-state index is 0.245. The molecule has 1 aromatic carbocycles. The van der Waals surface area contributed by atoms with Crippen LogP contribution in [0.1, 0.15) is 38.1 Å². The Morgan fingerprint density at radius 1 is 1.23 bits per heavy atom. The minimum Gasteiger partial charge on any atom is -0.353 e. The van der Waals surface area contributed by atoms with Crippen molar-refractivity contribution in [1.29, 1.82) is 0 Å². The highest BCUT2D eigenvalue weighted by atomic mass is 35.5. The number of hydrogen-bond acceptors (Lipinski definition) is 5. The van der Waals surface area contributed by atoms with E-state index in [1.54, 1.807) is 0 Å². The molecule has 0 aliphatic carbocycles. The second-order valence-electron chi connectivity index (χ2n) is 9.04. The molecule has 1 unspecified atom stereocenters. The van der Waals surface area contributed by atoms with Crippen LogP contribution in [0.15, 0.2) is 18.2 Å². The predicted octanol–water partition coefficient (Wildman–Crippen LogP) is 3.41. The first-order chi connectivity index (χ1) is 14.4. The summed E-state index contributed by atoms with van der Waals surface area (Å²) in [7, 11) is 0. The van der Waals surface area contributed by atoms with Crippen molar-refractivity contribution in [2.75, 3.05) is 25.0 Å². The van der Waals surface area contributed by atoms with Gasteiger partial charge in [-0.3, -0.25) is 4.57 Å². The van der Waals surface area contributed by atoms with Crippen molar-refractivity contribution in [3.8, 4) is 5.69 Å². The van der Waals surface area contributed by atoms with E-state index in [1.807, 2.05) is 13.0 Å². The zero-order valence-electron chi connectivity index (χ0n) is 17.9. The molecule has 8 heteroatoms. The molecule has 0 spiro atoms. The molecule has 2 aliphatic heterocycles. The van der Waals surface area contributed by atoms with Gasteiger partial charge < -0.3 is 20.5 Å². The van der Waals surface area contributed by atoms with Crippen molar-refractivity contribution in [3.63, 3.8) is 0 Å². The number of nitrogens with zero attached hydrogens (tertiary/aromatic N) is 5. The van der Waals surface area contributed by atoms with Gasteiger partial charge >= 0.3 is 0 Å². The van der Waals surface area contributed by atoms with Crippen LogP contribution in [0.5, 0.6) is 0 Å². The Kier molecular flexibility index (Phi) is 5.00. The van der Waals surface area contributed by atoms with E-state index in [4.69, 9.17) is 22.3 Å². The van der Waals surface area contributed by atoms with Gasteiger partial charge in [0.15, 0.2) is 0 Å². The molecule has 3 N–H and O–H groups in total. The minimum absolute atomic E-state index is 0.245. The number of nitrogens with one attached hydrogen (secondary N) is 1. The number of aryl methyl sites for hydroxylation is 1. The van der Waals surface area contributed by atoms with Gasteiger partial charge in [-0.1, -0.05) is 19.9 Å². The molecule has 0 saturated carbocycles. The monoisotopic (exact) mass is 427 g/mol. The number of benzene rings is 1. The summed E-state index contributed by atoms with van der Waals surface area (Å²) in [5, 5.41) is 4.25. The zero-order valence-corrected chi connectivity index (χ0v) is 18.7. The van der Waals surface area contributed by atoms with Gasteiger partial charge in [-0.05, 0) is 49.4 Å². The van der Waals surface area contributed by atoms with Gasteiger partial charge in [0.1, 0.15) is 0 Å². The van der Waals surface area contributed by atoms with Crippen LogP contribution in [-0.4, -0.2) is 55.7 Å². The van der Waals surface area contributed by atoms with Gasteiger partial charge in [0.25, 0.3) is 0 Å². The summed E-state index contributed by atoms with van der Waals surface area (Å²) >= 11 is 6.44. The molecule has 7 nitrogen and oxygen atoms in total. The second kappa shape index (κ2) is 7.55. The Morgan fingerprint density at radius 2 is 2.00 bits per heavy atom. The lowest BCUT2D eigenvalue weighted by atomic mass is 10.0. The Hall–Kier alpha value is -2.09. The number of aromatic nitrogens is 4. The van der Waals surface area contributed by atoms with Gasteiger partial charge in [-0.25, -0.2) is 9.97 Å². The number of imidazole rings is 2. The third-order valence-corrected chi connectivity index (χ3v) is 6.93. The molecular weight excluding hydrogens is 398 g/mol. The number of rotatable bonds is 5. The number of halogens is 1. The number of para-hydroxylation sites is 1. The van der Waals surface area contributed by atoms with Crippen molar-refractivity contribution < 1.29 is 0 Å². The quantitative estimate of drug-likeness (QED) is 0.510. The number of piperidine rings is 1. The molecule has 160 valence electrons. The normalized spacial score (nSPS) is 18.2. The van der Waals surface area contributed by atoms with Gasteiger partial charge in [-0.2, -0.15) is 0 Å². The van der Waals surface area contributed by atoms with Crippen LogP contribution in [0.4, 0.5) is 5.95 Å². The molecule has 3 aromatic rings. The van der Waals surface area contributed by atoms with Gasteiger partial charge in [0.2, 0.25) is 11.2 Å². The summed E-state index contributed by atoms with van der Waals surface area (Å²) in [5.74, 6) is 1.46. The van der Waals surface area contributed by atoms with Crippen LogP contribution in [0.25, 0.3) is 16.7 Å². The second-order valence-corrected chi connectivity index (χ2v) is 9.38. The third-order valence-electron chi connectivity index (χ3n) is 6.67. The van der Waals surface area contributed by atoms with E-state index in [1.165, 1.54) is 0 Å². The largest absolute Gasteiger partial charge is 0.353 e. The van der Waals surface area contributed by atoms with Crippen LogP contribution in [0, 0.1) is 12.8 Å². The lowest BCUT2D eigenvalue weighted by Gasteiger charge is -2.34. The average molecular weight is 428 g/mol. The number of anilines is 1. The zero-order chi connectivity index (χ0) is 21.0. The lowest BCUT2D eigenvalue weighted by molar-refractivity contribution is 0.194. The number of nitrogens with two attached hydrogens (primary N) is 1. The molecule has 0 amide bonds. The first-order valence-electron chi connectivity index (χ1n) is 10.9. The molecule has 30 heavy (non-hydrogen) atoms. The standard InChI is InChI=1S/C22H30ClN7/c1-13(2)16(24)11-28-9-7-15(8-10-28)26-22-27-17-5-4-6-18-20(17)29(22)12-19-14(3)25-21(23)30(18)19/h4-6,13,15-16H,7-12,24H2,1-3H3,(H,26,27). The summed E-state index contributed by atoms with van der Waals surface area (Å²) in [4.78, 5) is 11.9. The Morgan fingerprint density at radius 3 is 2.73 bits per heavy atom. The Balaban J connectivity index is 1.37. The van der Waals surface area contributed by atoms with E-state index < -0.39 is 0 Å². The fourth-order valence-electron chi connectivity index (χ4n) is 4.67. The van der Waals surface area contributed by atoms with E-state index in [-0.39, 0.29) is 6.04 Å². The van der Waals surface area contributed by atoms with E-state index in [2.05, 4.69) is 50.3 Å². The molecule has 1 saturated heterocycles. The van der Waals surface area contributed by atoms with Crippen LogP contribution in [0.2, 0.25) is 5.28 Å². The van der Waals surface area contributed by atoms with Crippen LogP contribution in [0.3, 0.4) is 0 Å². The van der Waals surface area contributed by atoms with Crippen molar-refractivity contribution in [2.45, 2.75) is 52.2 Å². The van der Waals surface area contributed by atoms with E-state index >= 15 is 0 Å². The van der Waals surface area contributed by atoms with E-state index in [0.29, 0.717) is 17.2 Å². The molecule has 5 rings (SSSR count). The van der Waals surface area contributed by atoms with Crippen molar-refractivity contribution in [2.24, 2.45) is 11.7 Å².